The highest BCUT2D eigenvalue weighted by atomic mass is 19.4. The first-order valence-corrected chi connectivity index (χ1v) is 3.43. The van der Waals surface area contributed by atoms with Gasteiger partial charge < -0.3 is 9.84 Å². The minimum atomic E-state index is -5.94. The highest BCUT2D eigenvalue weighted by molar-refractivity contribution is 5.73. The molecule has 3 nitrogen and oxygen atoms in total. The second kappa shape index (κ2) is 4.07. The molecular weight excluding hydrogens is 215 g/mol. The van der Waals surface area contributed by atoms with Gasteiger partial charge in [-0.05, 0) is 6.92 Å². The van der Waals surface area contributed by atoms with Crippen molar-refractivity contribution in [3.63, 3.8) is 0 Å². The molecule has 1 N–H and O–H groups in total. The molecule has 0 heterocycles. The third-order valence-electron chi connectivity index (χ3n) is 1.26. The summed E-state index contributed by atoms with van der Waals surface area (Å²) < 4.78 is 63.7. The number of ether oxygens (including phenoxy) is 1. The Morgan fingerprint density at radius 1 is 1.36 bits per heavy atom. The van der Waals surface area contributed by atoms with E-state index in [2.05, 4.69) is 4.74 Å². The molecule has 1 unspecified atom stereocenters. The van der Waals surface area contributed by atoms with Crippen LogP contribution in [-0.4, -0.2) is 35.9 Å². The molecule has 0 fully saturated rings. The standard InChI is InChI=1S/C6H7F5O3/c1-2-14-3(4(12)13)5(7,8)6(9,10)11/h3H,2H2,1H3,(H,12,13). The number of aliphatic carboxylic acids is 1. The Balaban J connectivity index is 4.90. The van der Waals surface area contributed by atoms with E-state index in [1.54, 1.807) is 0 Å². The lowest BCUT2D eigenvalue weighted by Crippen LogP contribution is -2.52. The summed E-state index contributed by atoms with van der Waals surface area (Å²) in [5.74, 6) is -7.75. The van der Waals surface area contributed by atoms with Crippen LogP contribution in [0.25, 0.3) is 0 Å². The molecule has 0 saturated heterocycles. The monoisotopic (exact) mass is 222 g/mol. The van der Waals surface area contributed by atoms with Gasteiger partial charge in [0.15, 0.2) is 0 Å². The minimum Gasteiger partial charge on any atom is -0.479 e. The first-order valence-electron chi connectivity index (χ1n) is 3.43. The van der Waals surface area contributed by atoms with Gasteiger partial charge in [0.1, 0.15) is 0 Å². The van der Waals surface area contributed by atoms with E-state index in [4.69, 9.17) is 5.11 Å². The van der Waals surface area contributed by atoms with Gasteiger partial charge in [0.05, 0.1) is 0 Å². The van der Waals surface area contributed by atoms with E-state index in [-0.39, 0.29) is 0 Å². The van der Waals surface area contributed by atoms with Gasteiger partial charge in [-0.3, -0.25) is 0 Å². The van der Waals surface area contributed by atoms with E-state index < -0.39 is 30.8 Å². The van der Waals surface area contributed by atoms with Crippen LogP contribution in [0.1, 0.15) is 6.92 Å². The Morgan fingerprint density at radius 3 is 2.00 bits per heavy atom. The molecule has 0 radical (unpaired) electrons. The van der Waals surface area contributed by atoms with Gasteiger partial charge in [-0.1, -0.05) is 0 Å². The molecule has 8 heteroatoms. The molecule has 0 saturated carbocycles. The predicted molar refractivity (Wildman–Crippen MR) is 34.1 cm³/mol. The average Bonchev–Trinajstić information content (AvgIpc) is 1.96. The molecule has 0 aromatic heterocycles. The number of hydrogen-bond donors (Lipinski definition) is 1. The number of hydrogen-bond acceptors (Lipinski definition) is 2. The van der Waals surface area contributed by atoms with Crippen LogP contribution < -0.4 is 0 Å². The summed E-state index contributed by atoms with van der Waals surface area (Å²) in [5, 5.41) is 8.10. The van der Waals surface area contributed by atoms with Crippen LogP contribution in [0, 0.1) is 0 Å². The molecule has 14 heavy (non-hydrogen) atoms. The Bertz CT molecular complexity index is 212. The Hall–Kier alpha value is -0.920. The SMILES string of the molecule is CCOC(C(=O)O)C(F)(F)C(F)(F)F. The van der Waals surface area contributed by atoms with Crippen LogP contribution in [-0.2, 0) is 9.53 Å². The molecule has 84 valence electrons. The number of carbonyl (C=O) groups is 1. The summed E-state index contributed by atoms with van der Waals surface area (Å²) in [4.78, 5) is 10.1. The van der Waals surface area contributed by atoms with Crippen molar-refractivity contribution in [3.05, 3.63) is 0 Å². The van der Waals surface area contributed by atoms with Gasteiger partial charge in [-0.25, -0.2) is 4.79 Å². The van der Waals surface area contributed by atoms with Crippen LogP contribution in [0.5, 0.6) is 0 Å². The number of alkyl halides is 5. The molecule has 0 aromatic rings. The van der Waals surface area contributed by atoms with E-state index in [9.17, 15) is 26.7 Å². The summed E-state index contributed by atoms with van der Waals surface area (Å²) in [5.41, 5.74) is 0. The maximum Gasteiger partial charge on any atom is 0.456 e. The van der Waals surface area contributed by atoms with Gasteiger partial charge in [0.25, 0.3) is 0 Å². The summed E-state index contributed by atoms with van der Waals surface area (Å²) >= 11 is 0. The lowest BCUT2D eigenvalue weighted by atomic mass is 10.2. The molecule has 0 spiro atoms. The van der Waals surface area contributed by atoms with Crippen LogP contribution >= 0.6 is 0 Å². The van der Waals surface area contributed by atoms with Crippen LogP contribution in [0.3, 0.4) is 0 Å². The Morgan fingerprint density at radius 2 is 1.79 bits per heavy atom. The molecule has 0 aliphatic carbocycles. The van der Waals surface area contributed by atoms with Crippen LogP contribution in [0.15, 0.2) is 0 Å². The molecule has 0 aromatic carbocycles. The summed E-state index contributed by atoms with van der Waals surface area (Å²) in [6, 6.07) is 0. The third kappa shape index (κ3) is 2.53. The Kier molecular flexibility index (Phi) is 3.81. The Labute approximate surface area is 75.5 Å². The topological polar surface area (TPSA) is 46.5 Å². The largest absolute Gasteiger partial charge is 0.479 e. The van der Waals surface area contributed by atoms with E-state index in [0.29, 0.717) is 0 Å². The molecule has 1 atom stereocenters. The maximum absolute atomic E-state index is 12.4. The van der Waals surface area contributed by atoms with E-state index >= 15 is 0 Å². The highest BCUT2D eigenvalue weighted by Crippen LogP contribution is 2.39. The molecule has 0 bridgehead atoms. The molecule has 0 amide bonds. The van der Waals surface area contributed by atoms with Crippen LogP contribution in [0.2, 0.25) is 0 Å². The summed E-state index contributed by atoms with van der Waals surface area (Å²) in [6.45, 7) is 0.561. The summed E-state index contributed by atoms with van der Waals surface area (Å²) in [6.07, 6.45) is -9.14. The van der Waals surface area contributed by atoms with Crippen molar-refractivity contribution in [2.24, 2.45) is 0 Å². The van der Waals surface area contributed by atoms with E-state index in [1.165, 1.54) is 0 Å². The number of rotatable bonds is 4. The number of halogens is 5. The van der Waals surface area contributed by atoms with Crippen molar-refractivity contribution in [2.75, 3.05) is 6.61 Å². The first kappa shape index (κ1) is 13.1. The van der Waals surface area contributed by atoms with Crippen molar-refractivity contribution in [1.29, 1.82) is 0 Å². The van der Waals surface area contributed by atoms with Crippen molar-refractivity contribution >= 4 is 5.97 Å². The highest BCUT2D eigenvalue weighted by Gasteiger charge is 2.65. The second-order valence-electron chi connectivity index (χ2n) is 2.29. The second-order valence-corrected chi connectivity index (χ2v) is 2.29. The van der Waals surface area contributed by atoms with Gasteiger partial charge >= 0.3 is 18.1 Å². The number of carboxylic acids is 1. The zero-order valence-electron chi connectivity index (χ0n) is 6.94. The molecule has 0 aliphatic heterocycles. The molecular formula is C6H7F5O3. The molecule has 0 rings (SSSR count). The average molecular weight is 222 g/mol. The van der Waals surface area contributed by atoms with Gasteiger partial charge in [0.2, 0.25) is 6.10 Å². The van der Waals surface area contributed by atoms with E-state index in [1.807, 2.05) is 0 Å². The van der Waals surface area contributed by atoms with Gasteiger partial charge in [0, 0.05) is 6.61 Å². The maximum atomic E-state index is 12.4. The third-order valence-corrected chi connectivity index (χ3v) is 1.26. The zero-order valence-corrected chi connectivity index (χ0v) is 6.94. The summed E-state index contributed by atoms with van der Waals surface area (Å²) in [7, 11) is 0. The normalized spacial score (nSPS) is 15.3. The molecule has 0 aliphatic rings. The smallest absolute Gasteiger partial charge is 0.456 e. The van der Waals surface area contributed by atoms with Gasteiger partial charge in [-0.2, -0.15) is 22.0 Å². The van der Waals surface area contributed by atoms with Crippen molar-refractivity contribution in [3.8, 4) is 0 Å². The lowest BCUT2D eigenvalue weighted by molar-refractivity contribution is -0.315. The van der Waals surface area contributed by atoms with Gasteiger partial charge in [-0.15, -0.1) is 0 Å². The lowest BCUT2D eigenvalue weighted by Gasteiger charge is -2.25. The first-order chi connectivity index (χ1) is 6.14. The van der Waals surface area contributed by atoms with Crippen LogP contribution in [0.4, 0.5) is 22.0 Å². The van der Waals surface area contributed by atoms with Crippen molar-refractivity contribution < 1.29 is 36.6 Å². The minimum absolute atomic E-state index is 0.553. The fourth-order valence-electron chi connectivity index (χ4n) is 0.646. The van der Waals surface area contributed by atoms with Crippen molar-refractivity contribution in [1.82, 2.24) is 0 Å². The fraction of sp³-hybridized carbons (Fsp3) is 0.833. The fourth-order valence-corrected chi connectivity index (χ4v) is 0.646. The number of carboxylic acid groups (broad SMARTS) is 1. The van der Waals surface area contributed by atoms with E-state index in [0.717, 1.165) is 6.92 Å². The zero-order chi connectivity index (χ0) is 11.6. The quantitative estimate of drug-likeness (QED) is 0.736. The van der Waals surface area contributed by atoms with Crippen molar-refractivity contribution in [2.45, 2.75) is 25.1 Å². The predicted octanol–water partition coefficient (Wildman–Crippen LogP) is 1.67.